The summed E-state index contributed by atoms with van der Waals surface area (Å²) in [5.74, 6) is -2.68. The van der Waals surface area contributed by atoms with Crippen LogP contribution >= 0.6 is 0 Å². The largest absolute Gasteiger partial charge is 0.477 e. The lowest BCUT2D eigenvalue weighted by Crippen LogP contribution is -2.33. The fraction of sp³-hybridized carbons (Fsp3) is 0.524. The summed E-state index contributed by atoms with van der Waals surface area (Å²) in [5, 5.41) is 11.9. The smallest absolute Gasteiger partial charge is 0.420 e. The van der Waals surface area contributed by atoms with Gasteiger partial charge in [-0.15, -0.1) is 0 Å². The zero-order chi connectivity index (χ0) is 22.7. The van der Waals surface area contributed by atoms with Crippen LogP contribution in [-0.4, -0.2) is 41.8 Å². The molecule has 31 heavy (non-hydrogen) atoms. The molecule has 2 aromatic rings. The number of nitrogens with one attached hydrogen (secondary N) is 1. The molecule has 4 rings (SSSR count). The van der Waals surface area contributed by atoms with E-state index < -0.39 is 51.1 Å². The Labute approximate surface area is 175 Å². The van der Waals surface area contributed by atoms with Crippen molar-refractivity contribution < 1.29 is 27.5 Å². The number of pyridine rings is 1. The summed E-state index contributed by atoms with van der Waals surface area (Å²) in [7, 11) is 1.76. The molecule has 2 aliphatic rings. The minimum absolute atomic E-state index is 0.0428. The molecule has 6 nitrogen and oxygen atoms in total. The first-order valence-corrected chi connectivity index (χ1v) is 10.2. The third-order valence-corrected chi connectivity index (χ3v) is 6.40. The first-order chi connectivity index (χ1) is 14.5. The van der Waals surface area contributed by atoms with Crippen LogP contribution in [0.1, 0.15) is 48.1 Å². The van der Waals surface area contributed by atoms with Crippen molar-refractivity contribution in [2.24, 2.45) is 5.92 Å². The van der Waals surface area contributed by atoms with Crippen LogP contribution in [0, 0.1) is 11.7 Å². The molecule has 1 saturated heterocycles. The molecule has 0 unspecified atom stereocenters. The third kappa shape index (κ3) is 3.66. The fourth-order valence-electron chi connectivity index (χ4n) is 4.48. The predicted octanol–water partition coefficient (Wildman–Crippen LogP) is 3.63. The van der Waals surface area contributed by atoms with Crippen LogP contribution in [0.15, 0.2) is 17.1 Å². The number of anilines is 1. The molecule has 1 aliphatic carbocycles. The minimum atomic E-state index is -4.93. The van der Waals surface area contributed by atoms with E-state index in [-0.39, 0.29) is 31.1 Å². The van der Waals surface area contributed by atoms with E-state index in [0.29, 0.717) is 19.3 Å². The Balaban J connectivity index is 2.02. The zero-order valence-electron chi connectivity index (χ0n) is 17.1. The number of carboxylic acids is 1. The minimum Gasteiger partial charge on any atom is -0.477 e. The standard InChI is InChI=1S/C21H23F4N3O3/c1-10(26-2)11-5-6-27(8-11)18-15(22)7-13-17(16(18)21(23,24)25)28(12-3-4-12)9-14(19(13)29)20(30)31/h7,9-12,26H,3-6,8H2,1-2H3,(H,30,31)/t10-,11+/m0/s1. The van der Waals surface area contributed by atoms with Gasteiger partial charge in [-0.1, -0.05) is 0 Å². The summed E-state index contributed by atoms with van der Waals surface area (Å²) in [5.41, 5.74) is -3.99. The Morgan fingerprint density at radius 3 is 2.52 bits per heavy atom. The van der Waals surface area contributed by atoms with Gasteiger partial charge >= 0.3 is 12.1 Å². The number of aromatic nitrogens is 1. The number of fused-ring (bicyclic) bond motifs is 1. The number of rotatable bonds is 5. The number of hydrogen-bond acceptors (Lipinski definition) is 4. The Hall–Kier alpha value is -2.62. The highest BCUT2D eigenvalue weighted by atomic mass is 19.4. The molecule has 2 fully saturated rings. The Morgan fingerprint density at radius 2 is 1.97 bits per heavy atom. The number of carboxylic acid groups (broad SMARTS) is 1. The van der Waals surface area contributed by atoms with Crippen molar-refractivity contribution in [1.82, 2.24) is 9.88 Å². The van der Waals surface area contributed by atoms with Gasteiger partial charge in [0.05, 0.1) is 16.6 Å². The molecule has 168 valence electrons. The highest BCUT2D eigenvalue weighted by Crippen LogP contribution is 2.46. The second kappa shape index (κ2) is 7.51. The molecular weight excluding hydrogens is 418 g/mol. The maximum atomic E-state index is 15.2. The number of carbonyl (C=O) groups is 1. The second-order valence-electron chi connectivity index (χ2n) is 8.36. The molecule has 1 aromatic carbocycles. The van der Waals surface area contributed by atoms with E-state index in [1.165, 1.54) is 9.47 Å². The summed E-state index contributed by atoms with van der Waals surface area (Å²) in [6.07, 6.45) is -2.24. The maximum Gasteiger partial charge on any atom is 0.420 e. The Bertz CT molecular complexity index is 1110. The molecule has 1 aliphatic heterocycles. The van der Waals surface area contributed by atoms with Gasteiger partial charge in [-0.2, -0.15) is 13.2 Å². The van der Waals surface area contributed by atoms with Crippen molar-refractivity contribution in [3.63, 3.8) is 0 Å². The molecule has 2 N–H and O–H groups in total. The summed E-state index contributed by atoms with van der Waals surface area (Å²) < 4.78 is 59.4. The lowest BCUT2D eigenvalue weighted by atomic mass is 10.0. The lowest BCUT2D eigenvalue weighted by molar-refractivity contribution is -0.136. The van der Waals surface area contributed by atoms with Gasteiger partial charge in [0.15, 0.2) is 0 Å². The van der Waals surface area contributed by atoms with Crippen LogP contribution in [0.2, 0.25) is 0 Å². The normalized spacial score (nSPS) is 20.5. The first kappa shape index (κ1) is 21.6. The van der Waals surface area contributed by atoms with E-state index in [2.05, 4.69) is 5.32 Å². The quantitative estimate of drug-likeness (QED) is 0.694. The van der Waals surface area contributed by atoms with E-state index in [1.807, 2.05) is 6.92 Å². The van der Waals surface area contributed by atoms with Crippen LogP contribution in [0.25, 0.3) is 10.9 Å². The van der Waals surface area contributed by atoms with E-state index in [4.69, 9.17) is 0 Å². The van der Waals surface area contributed by atoms with Crippen molar-refractivity contribution in [1.29, 1.82) is 0 Å². The highest BCUT2D eigenvalue weighted by molar-refractivity contribution is 5.95. The van der Waals surface area contributed by atoms with E-state index >= 15 is 4.39 Å². The maximum absolute atomic E-state index is 15.2. The summed E-state index contributed by atoms with van der Waals surface area (Å²) in [6, 6.07) is 0.462. The van der Waals surface area contributed by atoms with Gasteiger partial charge in [-0.25, -0.2) is 9.18 Å². The molecule has 0 spiro atoms. The number of nitrogens with zero attached hydrogens (tertiary/aromatic N) is 2. The highest BCUT2D eigenvalue weighted by Gasteiger charge is 2.43. The van der Waals surface area contributed by atoms with Gasteiger partial charge in [0, 0.05) is 31.4 Å². The molecule has 0 radical (unpaired) electrons. The van der Waals surface area contributed by atoms with Crippen LogP contribution < -0.4 is 15.6 Å². The van der Waals surface area contributed by atoms with Crippen molar-refractivity contribution in [2.45, 2.75) is 44.4 Å². The molecule has 1 saturated carbocycles. The molecule has 2 atom stereocenters. The van der Waals surface area contributed by atoms with Crippen molar-refractivity contribution >= 4 is 22.6 Å². The average Bonchev–Trinajstić information content (AvgIpc) is 3.42. The molecule has 2 heterocycles. The van der Waals surface area contributed by atoms with E-state index in [0.717, 1.165) is 12.3 Å². The van der Waals surface area contributed by atoms with Crippen LogP contribution in [0.5, 0.6) is 0 Å². The van der Waals surface area contributed by atoms with Gasteiger partial charge in [0.1, 0.15) is 16.9 Å². The zero-order valence-corrected chi connectivity index (χ0v) is 17.1. The summed E-state index contributed by atoms with van der Waals surface area (Å²) >= 11 is 0. The number of aromatic carboxylic acids is 1. The average molecular weight is 441 g/mol. The topological polar surface area (TPSA) is 74.6 Å². The van der Waals surface area contributed by atoms with Gasteiger partial charge in [0.2, 0.25) is 5.43 Å². The molecule has 0 bridgehead atoms. The fourth-order valence-corrected chi connectivity index (χ4v) is 4.48. The van der Waals surface area contributed by atoms with Gasteiger partial charge in [-0.05, 0) is 45.2 Å². The SMILES string of the molecule is CN[C@@H](C)[C@@H]1CCN(c2c(F)cc3c(=O)c(C(=O)O)cn(C4CC4)c3c2C(F)(F)F)C1. The van der Waals surface area contributed by atoms with Crippen LogP contribution in [0.4, 0.5) is 23.2 Å². The second-order valence-corrected chi connectivity index (χ2v) is 8.36. The number of benzene rings is 1. The number of hydrogen-bond donors (Lipinski definition) is 2. The van der Waals surface area contributed by atoms with Crippen molar-refractivity contribution in [3.05, 3.63) is 39.4 Å². The molecular formula is C21H23F4N3O3. The van der Waals surface area contributed by atoms with Gasteiger partial charge in [0.25, 0.3) is 0 Å². The van der Waals surface area contributed by atoms with Crippen LogP contribution in [-0.2, 0) is 6.18 Å². The monoisotopic (exact) mass is 441 g/mol. The van der Waals surface area contributed by atoms with Gasteiger partial charge < -0.3 is 19.9 Å². The van der Waals surface area contributed by atoms with E-state index in [9.17, 15) is 27.9 Å². The van der Waals surface area contributed by atoms with Crippen molar-refractivity contribution in [2.75, 3.05) is 25.0 Å². The number of alkyl halides is 3. The number of halogens is 4. The Kier molecular flexibility index (Phi) is 5.23. The molecule has 0 amide bonds. The van der Waals surface area contributed by atoms with Gasteiger partial charge in [-0.3, -0.25) is 4.79 Å². The summed E-state index contributed by atoms with van der Waals surface area (Å²) in [4.78, 5) is 25.5. The van der Waals surface area contributed by atoms with E-state index in [1.54, 1.807) is 7.05 Å². The van der Waals surface area contributed by atoms with Crippen LogP contribution in [0.3, 0.4) is 0 Å². The lowest BCUT2D eigenvalue weighted by Gasteiger charge is -2.27. The molecule has 10 heteroatoms. The molecule has 1 aromatic heterocycles. The Morgan fingerprint density at radius 1 is 1.29 bits per heavy atom. The van der Waals surface area contributed by atoms with Crippen molar-refractivity contribution in [3.8, 4) is 0 Å². The first-order valence-electron chi connectivity index (χ1n) is 10.2. The third-order valence-electron chi connectivity index (χ3n) is 6.40. The predicted molar refractivity (Wildman–Crippen MR) is 107 cm³/mol. The summed E-state index contributed by atoms with van der Waals surface area (Å²) in [6.45, 7) is 2.42.